The average molecular weight is 502 g/mol. The van der Waals surface area contributed by atoms with Crippen molar-refractivity contribution in [3.63, 3.8) is 0 Å². The van der Waals surface area contributed by atoms with E-state index in [1.807, 2.05) is 62.4 Å². The quantitative estimate of drug-likeness (QED) is 0.262. The first kappa shape index (κ1) is 23.9. The van der Waals surface area contributed by atoms with Crippen LogP contribution < -0.4 is 15.0 Å². The highest BCUT2D eigenvalue weighted by Crippen LogP contribution is 2.33. The van der Waals surface area contributed by atoms with Gasteiger partial charge in [-0.1, -0.05) is 24.3 Å². The van der Waals surface area contributed by atoms with E-state index in [1.165, 1.54) is 0 Å². The molecule has 1 aliphatic heterocycles. The van der Waals surface area contributed by atoms with Crippen LogP contribution in [-0.2, 0) is 10.0 Å². The molecular formula is C27H27N5O3S. The Balaban J connectivity index is 1.66. The van der Waals surface area contributed by atoms with E-state index in [9.17, 15) is 8.42 Å². The summed E-state index contributed by atoms with van der Waals surface area (Å²) >= 11 is 0. The number of nitrogens with one attached hydrogen (secondary N) is 1. The molecule has 0 atom stereocenters. The number of hydrogen-bond donors (Lipinski definition) is 1. The van der Waals surface area contributed by atoms with Gasteiger partial charge in [-0.2, -0.15) is 0 Å². The number of aromatic nitrogens is 2. The second-order valence-corrected chi connectivity index (χ2v) is 10.5. The number of aryl methyl sites for hydroxylation is 1. The molecule has 0 fully saturated rings. The maximum Gasteiger partial charge on any atom is 0.208 e. The Morgan fingerprint density at radius 1 is 1.08 bits per heavy atom. The number of benzene rings is 3. The fraction of sp³-hybridized carbons (Fsp3) is 0.222. The number of likely N-dealkylation sites (N-methyl/N-ethyl adjacent to an activating group) is 1. The molecule has 2 heterocycles. The van der Waals surface area contributed by atoms with E-state index in [0.29, 0.717) is 24.4 Å². The summed E-state index contributed by atoms with van der Waals surface area (Å²) in [6.07, 6.45) is 4.61. The van der Waals surface area contributed by atoms with E-state index in [2.05, 4.69) is 20.7 Å². The van der Waals surface area contributed by atoms with Gasteiger partial charge in [-0.05, 0) is 37.6 Å². The van der Waals surface area contributed by atoms with E-state index in [1.54, 1.807) is 12.4 Å². The number of fused-ring (bicyclic) bond motifs is 4. The van der Waals surface area contributed by atoms with Crippen LogP contribution in [0.4, 0.5) is 11.4 Å². The molecule has 0 spiro atoms. The minimum Gasteiger partial charge on any atom is -0.453 e. The standard InChI is InChI=1S/C27H27N5O3S/c1-4-32(13-12-29-36(3,33)34)20-14-18(2)26-24(15-20)35-25-16-23(30-19-8-7-11-28-17-19)21-9-5-6-10-22(21)27(25)31-26/h5-11,14-17,29H,4,12-13H2,1-3H3. The highest BCUT2D eigenvalue weighted by molar-refractivity contribution is 7.88. The number of rotatable bonds is 7. The van der Waals surface area contributed by atoms with Crippen LogP contribution in [0, 0.1) is 6.92 Å². The molecule has 9 heteroatoms. The van der Waals surface area contributed by atoms with E-state index < -0.39 is 10.0 Å². The van der Waals surface area contributed by atoms with Crippen LogP contribution in [0.1, 0.15) is 12.5 Å². The Morgan fingerprint density at radius 2 is 1.89 bits per heavy atom. The van der Waals surface area contributed by atoms with E-state index in [0.717, 1.165) is 57.1 Å². The van der Waals surface area contributed by atoms with Gasteiger partial charge in [0.25, 0.3) is 0 Å². The van der Waals surface area contributed by atoms with Gasteiger partial charge in [-0.15, -0.1) is 0 Å². The van der Waals surface area contributed by atoms with Crippen molar-refractivity contribution in [3.8, 4) is 11.5 Å². The molecule has 0 bridgehead atoms. The van der Waals surface area contributed by atoms with Crippen molar-refractivity contribution >= 4 is 43.3 Å². The average Bonchev–Trinajstić information content (AvgIpc) is 2.86. The van der Waals surface area contributed by atoms with Gasteiger partial charge in [0.2, 0.25) is 10.0 Å². The van der Waals surface area contributed by atoms with Crippen LogP contribution in [-0.4, -0.2) is 44.3 Å². The third-order valence-electron chi connectivity index (χ3n) is 6.04. The molecule has 3 aromatic rings. The van der Waals surface area contributed by atoms with Crippen molar-refractivity contribution in [2.75, 3.05) is 30.8 Å². The normalized spacial score (nSPS) is 12.6. The third-order valence-corrected chi connectivity index (χ3v) is 6.77. The monoisotopic (exact) mass is 501 g/mol. The summed E-state index contributed by atoms with van der Waals surface area (Å²) in [6, 6.07) is 17.8. The molecule has 2 aliphatic rings. The Morgan fingerprint density at radius 3 is 2.61 bits per heavy atom. The summed E-state index contributed by atoms with van der Waals surface area (Å²) in [5, 5.41) is 2.74. The number of anilines is 1. The Kier molecular flexibility index (Phi) is 6.42. The summed E-state index contributed by atoms with van der Waals surface area (Å²) in [4.78, 5) is 16.1. The summed E-state index contributed by atoms with van der Waals surface area (Å²) in [5.74, 6) is 0.641. The van der Waals surface area contributed by atoms with Gasteiger partial charge in [0.05, 0.1) is 23.5 Å². The topological polar surface area (TPSA) is 101 Å². The SMILES string of the molecule is CCN(CCNS(C)(=O)=O)c1cc(C)c2nc3c4ccccc4c(=Nc4cccnc4)cc-3oc2c1. The largest absolute Gasteiger partial charge is 0.453 e. The highest BCUT2D eigenvalue weighted by Gasteiger charge is 2.17. The lowest BCUT2D eigenvalue weighted by molar-refractivity contribution is 0.587. The molecule has 0 radical (unpaired) electrons. The molecule has 0 saturated carbocycles. The van der Waals surface area contributed by atoms with E-state index in [-0.39, 0.29) is 0 Å². The zero-order chi connectivity index (χ0) is 25.3. The second kappa shape index (κ2) is 9.67. The fourth-order valence-corrected chi connectivity index (χ4v) is 4.82. The molecule has 184 valence electrons. The van der Waals surface area contributed by atoms with Crippen LogP contribution in [0.5, 0.6) is 0 Å². The lowest BCUT2D eigenvalue weighted by atomic mass is 10.0. The molecule has 1 aliphatic carbocycles. The summed E-state index contributed by atoms with van der Waals surface area (Å²) in [6.45, 7) is 5.62. The van der Waals surface area contributed by atoms with Gasteiger partial charge in [0.1, 0.15) is 11.2 Å². The minimum atomic E-state index is -3.24. The molecule has 2 aromatic carbocycles. The van der Waals surface area contributed by atoms with Crippen molar-refractivity contribution in [1.29, 1.82) is 0 Å². The van der Waals surface area contributed by atoms with Crippen molar-refractivity contribution in [3.05, 3.63) is 77.9 Å². The van der Waals surface area contributed by atoms with Crippen LogP contribution >= 0.6 is 0 Å². The Hall–Kier alpha value is -3.82. The molecule has 0 amide bonds. The predicted octanol–water partition coefficient (Wildman–Crippen LogP) is 4.40. The smallest absolute Gasteiger partial charge is 0.208 e. The molecular weight excluding hydrogens is 474 g/mol. The van der Waals surface area contributed by atoms with Crippen molar-refractivity contribution < 1.29 is 12.8 Å². The zero-order valence-corrected chi connectivity index (χ0v) is 21.2. The van der Waals surface area contributed by atoms with E-state index in [4.69, 9.17) is 14.4 Å². The van der Waals surface area contributed by atoms with Gasteiger partial charge in [0.15, 0.2) is 11.3 Å². The summed E-state index contributed by atoms with van der Waals surface area (Å²) in [7, 11) is -3.24. The summed E-state index contributed by atoms with van der Waals surface area (Å²) in [5.41, 5.74) is 4.92. The molecule has 0 saturated heterocycles. The van der Waals surface area contributed by atoms with Gasteiger partial charge in [-0.25, -0.2) is 23.1 Å². The van der Waals surface area contributed by atoms with Crippen LogP contribution in [0.3, 0.4) is 0 Å². The maximum absolute atomic E-state index is 11.5. The first-order valence-electron chi connectivity index (χ1n) is 11.7. The van der Waals surface area contributed by atoms with Crippen LogP contribution in [0.25, 0.3) is 33.3 Å². The Labute approximate surface area is 209 Å². The van der Waals surface area contributed by atoms with Crippen molar-refractivity contribution in [2.24, 2.45) is 4.99 Å². The molecule has 1 N–H and O–H groups in total. The molecule has 0 unspecified atom stereocenters. The fourth-order valence-electron chi connectivity index (χ4n) is 4.36. The van der Waals surface area contributed by atoms with Gasteiger partial charge in [-0.3, -0.25) is 4.98 Å². The van der Waals surface area contributed by atoms with Gasteiger partial charge in [0, 0.05) is 54.4 Å². The molecule has 1 aromatic heterocycles. The number of nitrogens with zero attached hydrogens (tertiary/aromatic N) is 4. The minimum absolute atomic E-state index is 0.321. The first-order valence-corrected chi connectivity index (χ1v) is 13.6. The lowest BCUT2D eigenvalue weighted by Gasteiger charge is -2.24. The van der Waals surface area contributed by atoms with Crippen LogP contribution in [0.15, 0.2) is 76.4 Å². The molecule has 36 heavy (non-hydrogen) atoms. The number of hydrogen-bond acceptors (Lipinski definition) is 7. The third kappa shape index (κ3) is 4.93. The molecule has 5 rings (SSSR count). The first-order chi connectivity index (χ1) is 17.3. The van der Waals surface area contributed by atoms with E-state index >= 15 is 0 Å². The highest BCUT2D eigenvalue weighted by atomic mass is 32.2. The summed E-state index contributed by atoms with van der Waals surface area (Å²) < 4.78 is 31.9. The number of sulfonamides is 1. The van der Waals surface area contributed by atoms with Gasteiger partial charge >= 0.3 is 0 Å². The number of pyridine rings is 1. The van der Waals surface area contributed by atoms with Crippen molar-refractivity contribution in [2.45, 2.75) is 13.8 Å². The van der Waals surface area contributed by atoms with Gasteiger partial charge < -0.3 is 9.32 Å². The maximum atomic E-state index is 11.5. The van der Waals surface area contributed by atoms with Crippen molar-refractivity contribution in [1.82, 2.24) is 14.7 Å². The second-order valence-electron chi connectivity index (χ2n) is 8.68. The lowest BCUT2D eigenvalue weighted by Crippen LogP contribution is -2.34. The van der Waals surface area contributed by atoms with Crippen LogP contribution in [0.2, 0.25) is 0 Å². The zero-order valence-electron chi connectivity index (χ0n) is 20.4. The Bertz CT molecular complexity index is 1700. The molecule has 8 nitrogen and oxygen atoms in total. The predicted molar refractivity (Wildman–Crippen MR) is 143 cm³/mol.